The summed E-state index contributed by atoms with van der Waals surface area (Å²) in [7, 11) is -1.73. The number of piperazine rings is 1. The van der Waals surface area contributed by atoms with Crippen LogP contribution in [0.4, 0.5) is 23.4 Å². The number of aromatic nitrogens is 2. The van der Waals surface area contributed by atoms with Crippen molar-refractivity contribution in [3.63, 3.8) is 0 Å². The zero-order valence-corrected chi connectivity index (χ0v) is 17.5. The highest BCUT2D eigenvalue weighted by atomic mass is 32.2. The molecule has 1 aliphatic heterocycles. The average Bonchev–Trinajstić information content (AvgIpc) is 2.79. The van der Waals surface area contributed by atoms with Crippen molar-refractivity contribution in [3.8, 4) is 22.4 Å². The molecule has 1 unspecified atom stereocenters. The van der Waals surface area contributed by atoms with Crippen molar-refractivity contribution < 1.29 is 21.8 Å². The van der Waals surface area contributed by atoms with Gasteiger partial charge in [-0.25, -0.2) is 23.7 Å². The van der Waals surface area contributed by atoms with E-state index in [0.717, 1.165) is 0 Å². The smallest absolute Gasteiger partial charge is 0.353 e. The summed E-state index contributed by atoms with van der Waals surface area (Å²) in [5.74, 6) is -1.61. The van der Waals surface area contributed by atoms with Crippen LogP contribution in [0.5, 0.6) is 0 Å². The average molecular weight is 465 g/mol. The van der Waals surface area contributed by atoms with E-state index in [0.29, 0.717) is 47.8 Å². The summed E-state index contributed by atoms with van der Waals surface area (Å²) in [6.07, 6.45) is -4.77. The molecule has 1 atom stereocenters. The highest BCUT2D eigenvalue weighted by molar-refractivity contribution is 7.82. The summed E-state index contributed by atoms with van der Waals surface area (Å²) >= 11 is 0. The van der Waals surface area contributed by atoms with Gasteiger partial charge in [-0.2, -0.15) is 13.2 Å². The molecule has 1 aromatic heterocycles. The molecule has 11 heteroatoms. The van der Waals surface area contributed by atoms with Gasteiger partial charge in [-0.05, 0) is 29.8 Å². The number of anilines is 1. The fourth-order valence-electron chi connectivity index (χ4n) is 3.52. The molecule has 0 spiro atoms. The maximum Gasteiger partial charge on any atom is 0.451 e. The van der Waals surface area contributed by atoms with Crippen LogP contribution in [0.1, 0.15) is 5.82 Å². The summed E-state index contributed by atoms with van der Waals surface area (Å²) in [6.45, 7) is 2.07. The molecule has 0 amide bonds. The largest absolute Gasteiger partial charge is 0.451 e. The summed E-state index contributed by atoms with van der Waals surface area (Å²) < 4.78 is 66.3. The lowest BCUT2D eigenvalue weighted by molar-refractivity contribution is -0.144. The number of rotatable bonds is 4. The molecule has 0 aliphatic carbocycles. The van der Waals surface area contributed by atoms with Gasteiger partial charge in [-0.1, -0.05) is 24.3 Å². The Labute approximate surface area is 184 Å². The third-order valence-electron chi connectivity index (χ3n) is 5.05. The number of nitrogens with one attached hydrogen (secondary N) is 1. The molecule has 0 bridgehead atoms. The molecule has 0 radical (unpaired) electrons. The van der Waals surface area contributed by atoms with Crippen LogP contribution in [0.2, 0.25) is 0 Å². The van der Waals surface area contributed by atoms with Crippen molar-refractivity contribution in [1.82, 2.24) is 15.3 Å². The zero-order valence-electron chi connectivity index (χ0n) is 16.7. The van der Waals surface area contributed by atoms with Gasteiger partial charge in [0.1, 0.15) is 22.6 Å². The number of hydrogen-bond donors (Lipinski definition) is 2. The van der Waals surface area contributed by atoms with E-state index in [4.69, 9.17) is 5.14 Å². The van der Waals surface area contributed by atoms with Crippen molar-refractivity contribution in [2.24, 2.45) is 5.14 Å². The number of nitrogens with two attached hydrogens (primary N) is 1. The molecule has 4 rings (SSSR count). The van der Waals surface area contributed by atoms with Crippen LogP contribution in [-0.4, -0.2) is 40.4 Å². The van der Waals surface area contributed by atoms with Gasteiger partial charge in [0.15, 0.2) is 0 Å². The summed E-state index contributed by atoms with van der Waals surface area (Å²) in [5.41, 5.74) is 1.25. The van der Waals surface area contributed by atoms with Crippen LogP contribution in [0.15, 0.2) is 53.4 Å². The van der Waals surface area contributed by atoms with E-state index in [9.17, 15) is 21.8 Å². The van der Waals surface area contributed by atoms with Crippen molar-refractivity contribution >= 4 is 16.8 Å². The minimum Gasteiger partial charge on any atom is -0.353 e. The van der Waals surface area contributed by atoms with Crippen LogP contribution in [-0.2, 0) is 17.2 Å². The lowest BCUT2D eigenvalue weighted by Gasteiger charge is -2.31. The Kier molecular flexibility index (Phi) is 6.22. The van der Waals surface area contributed by atoms with Crippen LogP contribution >= 0.6 is 0 Å². The first-order valence-corrected chi connectivity index (χ1v) is 10.9. The van der Waals surface area contributed by atoms with Crippen LogP contribution in [0, 0.1) is 5.82 Å². The predicted octanol–water partition coefficient (Wildman–Crippen LogP) is 3.36. The summed E-state index contributed by atoms with van der Waals surface area (Å²) in [4.78, 5) is 9.85. The molecule has 2 heterocycles. The maximum absolute atomic E-state index is 13.7. The fourth-order valence-corrected chi connectivity index (χ4v) is 3.92. The maximum atomic E-state index is 13.7. The summed E-state index contributed by atoms with van der Waals surface area (Å²) in [5, 5.41) is 8.55. The Morgan fingerprint density at radius 1 is 0.938 bits per heavy atom. The highest BCUT2D eigenvalue weighted by Gasteiger charge is 2.37. The van der Waals surface area contributed by atoms with Gasteiger partial charge in [0, 0.05) is 31.7 Å². The van der Waals surface area contributed by atoms with E-state index < -0.39 is 28.8 Å². The molecule has 1 fully saturated rings. The van der Waals surface area contributed by atoms with E-state index in [-0.39, 0.29) is 11.5 Å². The van der Waals surface area contributed by atoms with Gasteiger partial charge in [-0.3, -0.25) is 0 Å². The Morgan fingerprint density at radius 2 is 1.53 bits per heavy atom. The number of hydrogen-bond acceptors (Lipinski definition) is 5. The fraction of sp³-hybridized carbons (Fsp3) is 0.238. The molecule has 3 N–H and O–H groups in total. The second kappa shape index (κ2) is 8.93. The van der Waals surface area contributed by atoms with Gasteiger partial charge in [-0.15, -0.1) is 0 Å². The standard InChI is InChI=1S/C21H19F4N5OS/c22-15-5-1-13(2-6-15)17-18(14-3-7-16(8-4-14)32(26)31)28-20(21(23,24)25)29-19(17)30-11-9-27-10-12-30/h1-8,27H,9-12,26H2. The van der Waals surface area contributed by atoms with E-state index in [1.165, 1.54) is 48.5 Å². The molecule has 2 aromatic carbocycles. The molecule has 6 nitrogen and oxygen atoms in total. The predicted molar refractivity (Wildman–Crippen MR) is 114 cm³/mol. The van der Waals surface area contributed by atoms with Crippen molar-refractivity contribution in [3.05, 3.63) is 60.2 Å². The minimum atomic E-state index is -4.77. The summed E-state index contributed by atoms with van der Waals surface area (Å²) in [6, 6.07) is 11.4. The third-order valence-corrected chi connectivity index (χ3v) is 5.79. The van der Waals surface area contributed by atoms with Gasteiger partial charge in [0.25, 0.3) is 0 Å². The molecule has 0 saturated carbocycles. The molecular formula is C21H19F4N5OS. The molecule has 1 aliphatic rings. The van der Waals surface area contributed by atoms with E-state index >= 15 is 0 Å². The van der Waals surface area contributed by atoms with E-state index in [2.05, 4.69) is 15.3 Å². The van der Waals surface area contributed by atoms with E-state index in [1.807, 2.05) is 0 Å². The van der Waals surface area contributed by atoms with Crippen molar-refractivity contribution in [1.29, 1.82) is 0 Å². The molecule has 3 aromatic rings. The normalized spacial score (nSPS) is 15.6. The van der Waals surface area contributed by atoms with Gasteiger partial charge in [0.2, 0.25) is 5.82 Å². The van der Waals surface area contributed by atoms with Crippen molar-refractivity contribution in [2.75, 3.05) is 31.1 Å². The van der Waals surface area contributed by atoms with E-state index in [1.54, 1.807) is 4.90 Å². The van der Waals surface area contributed by atoms with Gasteiger partial charge in [0.05, 0.1) is 16.2 Å². The van der Waals surface area contributed by atoms with Crippen molar-refractivity contribution in [2.45, 2.75) is 11.1 Å². The second-order valence-electron chi connectivity index (χ2n) is 7.16. The number of halogens is 4. The Hall–Kier alpha value is -2.89. The zero-order chi connectivity index (χ0) is 22.9. The molecule has 32 heavy (non-hydrogen) atoms. The van der Waals surface area contributed by atoms with Gasteiger partial charge >= 0.3 is 6.18 Å². The first-order valence-electron chi connectivity index (χ1n) is 9.71. The molecular weight excluding hydrogens is 446 g/mol. The first-order chi connectivity index (χ1) is 15.2. The molecule has 1 saturated heterocycles. The first kappa shape index (κ1) is 22.3. The Morgan fingerprint density at radius 3 is 2.09 bits per heavy atom. The second-order valence-corrected chi connectivity index (χ2v) is 8.22. The molecule has 168 valence electrons. The Bertz CT molecular complexity index is 1130. The Balaban J connectivity index is 2.00. The highest BCUT2D eigenvalue weighted by Crippen LogP contribution is 2.40. The number of alkyl halides is 3. The topological polar surface area (TPSA) is 84.1 Å². The monoisotopic (exact) mass is 465 g/mol. The van der Waals surface area contributed by atoms with Crippen LogP contribution in [0.3, 0.4) is 0 Å². The number of nitrogens with zero attached hydrogens (tertiary/aromatic N) is 3. The quantitative estimate of drug-likeness (QED) is 0.578. The van der Waals surface area contributed by atoms with Crippen LogP contribution < -0.4 is 15.4 Å². The lowest BCUT2D eigenvalue weighted by atomic mass is 9.98. The van der Waals surface area contributed by atoms with Crippen LogP contribution in [0.25, 0.3) is 22.4 Å². The third kappa shape index (κ3) is 4.64. The van der Waals surface area contributed by atoms with Gasteiger partial charge < -0.3 is 10.2 Å². The number of benzene rings is 2. The lowest BCUT2D eigenvalue weighted by Crippen LogP contribution is -2.44. The minimum absolute atomic E-state index is 0.0434. The SMILES string of the molecule is NS(=O)c1ccc(-c2nc(C(F)(F)F)nc(N3CCNCC3)c2-c2ccc(F)cc2)cc1.